The van der Waals surface area contributed by atoms with Gasteiger partial charge in [-0.3, -0.25) is 0 Å². The van der Waals surface area contributed by atoms with E-state index < -0.39 is 24.0 Å². The lowest BCUT2D eigenvalue weighted by molar-refractivity contribution is -0.151. The van der Waals surface area contributed by atoms with E-state index in [9.17, 15) is 14.4 Å². The van der Waals surface area contributed by atoms with Gasteiger partial charge in [0.25, 0.3) is 0 Å². The molecule has 1 heterocycles. The third-order valence-corrected chi connectivity index (χ3v) is 3.21. The van der Waals surface area contributed by atoms with Crippen LogP contribution in [-0.2, 0) is 19.0 Å². The van der Waals surface area contributed by atoms with Crippen LogP contribution in [0.5, 0.6) is 0 Å². The van der Waals surface area contributed by atoms with Gasteiger partial charge in [-0.05, 0) is 32.8 Å². The van der Waals surface area contributed by atoms with Gasteiger partial charge < -0.3 is 19.2 Å². The van der Waals surface area contributed by atoms with Gasteiger partial charge in [-0.1, -0.05) is 6.92 Å². The molecule has 0 aromatic carbocycles. The first-order valence-corrected chi connectivity index (χ1v) is 7.02. The summed E-state index contributed by atoms with van der Waals surface area (Å²) in [6.45, 7) is 6.92. The number of ether oxygens (including phenoxy) is 3. The smallest absolute Gasteiger partial charge is 0.355 e. The molecule has 1 unspecified atom stereocenters. The molecule has 0 spiro atoms. The molecule has 122 valence electrons. The van der Waals surface area contributed by atoms with E-state index in [2.05, 4.69) is 9.72 Å². The third-order valence-electron chi connectivity index (χ3n) is 3.21. The van der Waals surface area contributed by atoms with Crippen LogP contribution < -0.4 is 0 Å². The first kappa shape index (κ1) is 17.7. The fourth-order valence-corrected chi connectivity index (χ4v) is 2.08. The van der Waals surface area contributed by atoms with Gasteiger partial charge in [-0.15, -0.1) is 0 Å². The Morgan fingerprint density at radius 3 is 2.27 bits per heavy atom. The lowest BCUT2D eigenvalue weighted by atomic mass is 10.1. The van der Waals surface area contributed by atoms with Crippen LogP contribution in [0.15, 0.2) is 0 Å². The van der Waals surface area contributed by atoms with Crippen LogP contribution in [0.1, 0.15) is 52.4 Å². The number of hydrogen-bond donors (Lipinski definition) is 1. The quantitative estimate of drug-likeness (QED) is 0.637. The van der Waals surface area contributed by atoms with Crippen LogP contribution >= 0.6 is 0 Å². The SMILES string of the molecule is CCOC(=O)c1c(C)[nH]c(C(=O)OC(CC)C(=O)OC)c1C. The summed E-state index contributed by atoms with van der Waals surface area (Å²) < 4.78 is 14.7. The summed E-state index contributed by atoms with van der Waals surface area (Å²) in [5, 5.41) is 0. The zero-order valence-corrected chi connectivity index (χ0v) is 13.4. The highest BCUT2D eigenvalue weighted by molar-refractivity contribution is 5.99. The molecule has 7 nitrogen and oxygen atoms in total. The van der Waals surface area contributed by atoms with Gasteiger partial charge in [-0.2, -0.15) is 0 Å². The summed E-state index contributed by atoms with van der Waals surface area (Å²) in [4.78, 5) is 38.4. The highest BCUT2D eigenvalue weighted by Gasteiger charge is 2.27. The van der Waals surface area contributed by atoms with Gasteiger partial charge in [0, 0.05) is 5.69 Å². The van der Waals surface area contributed by atoms with Crippen molar-refractivity contribution in [3.05, 3.63) is 22.5 Å². The second-order valence-corrected chi connectivity index (χ2v) is 4.67. The second kappa shape index (κ2) is 7.63. The maximum absolute atomic E-state index is 12.2. The average molecular weight is 311 g/mol. The van der Waals surface area contributed by atoms with E-state index in [1.807, 2.05) is 0 Å². The van der Waals surface area contributed by atoms with E-state index in [1.165, 1.54) is 7.11 Å². The molecule has 1 aromatic heterocycles. The Bertz CT molecular complexity index is 575. The molecule has 0 aliphatic rings. The van der Waals surface area contributed by atoms with Crippen molar-refractivity contribution in [1.82, 2.24) is 4.98 Å². The monoisotopic (exact) mass is 311 g/mol. The molecule has 0 aliphatic heterocycles. The predicted molar refractivity (Wildman–Crippen MR) is 77.7 cm³/mol. The minimum Gasteiger partial charge on any atom is -0.466 e. The van der Waals surface area contributed by atoms with E-state index in [0.717, 1.165) is 0 Å². The fraction of sp³-hybridized carbons (Fsp3) is 0.533. The van der Waals surface area contributed by atoms with Gasteiger partial charge in [0.1, 0.15) is 5.69 Å². The minimum absolute atomic E-state index is 0.128. The molecule has 1 atom stereocenters. The van der Waals surface area contributed by atoms with Crippen LogP contribution in [0.3, 0.4) is 0 Å². The van der Waals surface area contributed by atoms with Crippen molar-refractivity contribution >= 4 is 17.9 Å². The summed E-state index contributed by atoms with van der Waals surface area (Å²) in [6.07, 6.45) is -0.687. The second-order valence-electron chi connectivity index (χ2n) is 4.67. The summed E-state index contributed by atoms with van der Waals surface area (Å²) in [7, 11) is 1.22. The summed E-state index contributed by atoms with van der Waals surface area (Å²) in [6, 6.07) is 0. The Labute approximate surface area is 128 Å². The number of H-pyrrole nitrogens is 1. The van der Waals surface area contributed by atoms with Crippen molar-refractivity contribution in [2.75, 3.05) is 13.7 Å². The lowest BCUT2D eigenvalue weighted by Gasteiger charge is -2.13. The highest BCUT2D eigenvalue weighted by Crippen LogP contribution is 2.20. The van der Waals surface area contributed by atoms with Crippen LogP contribution in [-0.4, -0.2) is 42.7 Å². The third kappa shape index (κ3) is 3.66. The number of aromatic nitrogens is 1. The molecule has 0 amide bonds. The molecule has 7 heteroatoms. The predicted octanol–water partition coefficient (Wildman–Crippen LogP) is 1.92. The van der Waals surface area contributed by atoms with Crippen molar-refractivity contribution in [2.24, 2.45) is 0 Å². The Kier molecular flexibility index (Phi) is 6.15. The Morgan fingerprint density at radius 2 is 1.77 bits per heavy atom. The molecule has 0 saturated heterocycles. The number of esters is 3. The van der Waals surface area contributed by atoms with Gasteiger partial charge in [0.2, 0.25) is 0 Å². The van der Waals surface area contributed by atoms with E-state index in [1.54, 1.807) is 27.7 Å². The summed E-state index contributed by atoms with van der Waals surface area (Å²) >= 11 is 0. The van der Waals surface area contributed by atoms with Crippen LogP contribution in [0.2, 0.25) is 0 Å². The minimum atomic E-state index is -0.980. The number of aromatic amines is 1. The van der Waals surface area contributed by atoms with Gasteiger partial charge in [-0.25, -0.2) is 14.4 Å². The molecule has 0 fully saturated rings. The van der Waals surface area contributed by atoms with Crippen molar-refractivity contribution < 1.29 is 28.6 Å². The molecule has 1 rings (SSSR count). The number of nitrogens with one attached hydrogen (secondary N) is 1. The van der Waals surface area contributed by atoms with E-state index in [0.29, 0.717) is 23.2 Å². The van der Waals surface area contributed by atoms with Crippen molar-refractivity contribution in [3.8, 4) is 0 Å². The molecule has 22 heavy (non-hydrogen) atoms. The average Bonchev–Trinajstić information content (AvgIpc) is 2.79. The van der Waals surface area contributed by atoms with Gasteiger partial charge in [0.05, 0.1) is 19.3 Å². The number of carbonyl (C=O) groups excluding carboxylic acids is 3. The number of aryl methyl sites for hydroxylation is 1. The molecule has 1 N–H and O–H groups in total. The van der Waals surface area contributed by atoms with Crippen LogP contribution in [0.25, 0.3) is 0 Å². The van der Waals surface area contributed by atoms with E-state index in [4.69, 9.17) is 9.47 Å². The molecule has 0 radical (unpaired) electrons. The standard InChI is InChI=1S/C15H21NO6/c1-6-10(13(17)20-5)22-15(19)12-8(3)11(9(4)16-12)14(18)21-7-2/h10,16H,6-7H2,1-5H3. The first-order valence-electron chi connectivity index (χ1n) is 7.02. The van der Waals surface area contributed by atoms with Crippen molar-refractivity contribution in [3.63, 3.8) is 0 Å². The maximum Gasteiger partial charge on any atom is 0.355 e. The fourth-order valence-electron chi connectivity index (χ4n) is 2.08. The summed E-state index contributed by atoms with van der Waals surface area (Å²) in [5.41, 5.74) is 1.37. The highest BCUT2D eigenvalue weighted by atomic mass is 16.6. The number of hydrogen-bond acceptors (Lipinski definition) is 6. The zero-order chi connectivity index (χ0) is 16.9. The molecular weight excluding hydrogens is 290 g/mol. The topological polar surface area (TPSA) is 94.7 Å². The van der Waals surface area contributed by atoms with Gasteiger partial charge in [0.15, 0.2) is 6.10 Å². The molecule has 0 saturated carbocycles. The Morgan fingerprint density at radius 1 is 1.14 bits per heavy atom. The molecular formula is C15H21NO6. The largest absolute Gasteiger partial charge is 0.466 e. The van der Waals surface area contributed by atoms with Crippen molar-refractivity contribution in [1.29, 1.82) is 0 Å². The Balaban J connectivity index is 3.02. The van der Waals surface area contributed by atoms with E-state index in [-0.39, 0.29) is 12.3 Å². The van der Waals surface area contributed by atoms with Crippen molar-refractivity contribution in [2.45, 2.75) is 40.2 Å². The molecule has 0 aliphatic carbocycles. The normalized spacial score (nSPS) is 11.7. The van der Waals surface area contributed by atoms with Crippen LogP contribution in [0, 0.1) is 13.8 Å². The van der Waals surface area contributed by atoms with E-state index >= 15 is 0 Å². The zero-order valence-electron chi connectivity index (χ0n) is 13.4. The maximum atomic E-state index is 12.2. The molecule has 0 bridgehead atoms. The Hall–Kier alpha value is -2.31. The molecule has 1 aromatic rings. The van der Waals surface area contributed by atoms with Gasteiger partial charge >= 0.3 is 17.9 Å². The first-order chi connectivity index (χ1) is 10.4. The number of carbonyl (C=O) groups is 3. The number of methoxy groups -OCH3 is 1. The van der Waals surface area contributed by atoms with Crippen LogP contribution in [0.4, 0.5) is 0 Å². The summed E-state index contributed by atoms with van der Waals surface area (Å²) in [5.74, 6) is -1.84. The number of rotatable bonds is 6. The lowest BCUT2D eigenvalue weighted by Crippen LogP contribution is -2.28.